The van der Waals surface area contributed by atoms with Gasteiger partial charge in [-0.25, -0.2) is 0 Å². The lowest BCUT2D eigenvalue weighted by Gasteiger charge is -2.15. The molecule has 2 aromatic rings. The first-order chi connectivity index (χ1) is 12.3. The van der Waals surface area contributed by atoms with E-state index in [0.717, 1.165) is 11.1 Å². The van der Waals surface area contributed by atoms with Crippen LogP contribution in [0.25, 0.3) is 0 Å². The maximum absolute atomic E-state index is 12.5. The number of esters is 1. The number of ether oxygens (including phenoxy) is 1. The van der Waals surface area contributed by atoms with Crippen LogP contribution in [0.5, 0.6) is 0 Å². The lowest BCUT2D eigenvalue weighted by atomic mass is 9.95. The molecule has 0 fully saturated rings. The van der Waals surface area contributed by atoms with Gasteiger partial charge in [0.2, 0.25) is 0 Å². The topological polar surface area (TPSA) is 84.8 Å². The lowest BCUT2D eigenvalue weighted by Crippen LogP contribution is -2.24. The Hall–Kier alpha value is -2.67. The van der Waals surface area contributed by atoms with Gasteiger partial charge in [-0.05, 0) is 24.6 Å². The van der Waals surface area contributed by atoms with Gasteiger partial charge in [-0.3, -0.25) is 4.79 Å². The second kappa shape index (κ2) is 8.62. The van der Waals surface area contributed by atoms with Crippen molar-refractivity contribution in [3.05, 3.63) is 65.7 Å². The normalized spacial score (nSPS) is 13.1. The van der Waals surface area contributed by atoms with Crippen LogP contribution >= 0.6 is 0 Å². The van der Waals surface area contributed by atoms with Gasteiger partial charge in [-0.1, -0.05) is 55.0 Å². The molecule has 1 unspecified atom stereocenters. The number of methoxy groups -OCH3 is 1. The highest BCUT2D eigenvalue weighted by Gasteiger charge is 2.19. The number of nitrogens with zero attached hydrogens (tertiary/aromatic N) is 1. The summed E-state index contributed by atoms with van der Waals surface area (Å²) in [5.74, 6) is -0.715. The van der Waals surface area contributed by atoms with E-state index in [2.05, 4.69) is 9.93 Å². The highest BCUT2D eigenvalue weighted by atomic mass is 32.2. The van der Waals surface area contributed by atoms with E-state index < -0.39 is 10.0 Å². The van der Waals surface area contributed by atoms with Gasteiger partial charge in [-0.15, -0.1) is 0 Å². The van der Waals surface area contributed by atoms with Gasteiger partial charge in [-0.2, -0.15) is 18.4 Å². The largest absolute Gasteiger partial charge is 0.469 e. The first kappa shape index (κ1) is 19.7. The van der Waals surface area contributed by atoms with Crippen LogP contribution in [-0.4, -0.2) is 27.2 Å². The van der Waals surface area contributed by atoms with Crippen LogP contribution in [0.15, 0.2) is 64.6 Å². The molecule has 0 aliphatic heterocycles. The van der Waals surface area contributed by atoms with E-state index >= 15 is 0 Å². The second-order valence-corrected chi connectivity index (χ2v) is 7.61. The number of hydrogen-bond acceptors (Lipinski definition) is 5. The number of hydrazone groups is 1. The molecule has 0 radical (unpaired) electrons. The summed E-state index contributed by atoms with van der Waals surface area (Å²) in [6.07, 6.45) is 0.0937. The monoisotopic (exact) mass is 374 g/mol. The molecule has 0 aliphatic carbocycles. The number of carbonyl (C=O) groups excluding carboxylic acids is 1. The van der Waals surface area contributed by atoms with Gasteiger partial charge in [0.05, 0.1) is 24.1 Å². The fraction of sp³-hybridized carbons (Fsp3) is 0.263. The Balaban J connectivity index is 2.32. The number of aryl methyl sites for hydroxylation is 1. The summed E-state index contributed by atoms with van der Waals surface area (Å²) in [7, 11) is -2.49. The predicted molar refractivity (Wildman–Crippen MR) is 100 cm³/mol. The van der Waals surface area contributed by atoms with E-state index in [0.29, 0.717) is 5.71 Å². The Kier molecular flexibility index (Phi) is 6.52. The standard InChI is InChI=1S/C19H22N2O4S/c1-14-9-11-17(12-10-14)26(23,24)21-20-19(15(2)13-18(22)25-3)16-7-5-4-6-8-16/h4-12,15,21H,13H2,1-3H3/b20-19+. The molecule has 0 aliphatic rings. The summed E-state index contributed by atoms with van der Waals surface area (Å²) in [4.78, 5) is 14.0. The molecule has 0 aromatic heterocycles. The predicted octanol–water partition coefficient (Wildman–Crippen LogP) is 2.88. The zero-order valence-corrected chi connectivity index (χ0v) is 15.8. The average Bonchev–Trinajstić information content (AvgIpc) is 2.63. The molecular weight excluding hydrogens is 352 g/mol. The lowest BCUT2D eigenvalue weighted by molar-refractivity contribution is -0.141. The number of benzene rings is 2. The van der Waals surface area contributed by atoms with Crippen molar-refractivity contribution in [2.45, 2.75) is 25.2 Å². The molecule has 0 heterocycles. The van der Waals surface area contributed by atoms with Crippen molar-refractivity contribution in [2.24, 2.45) is 11.0 Å². The Morgan fingerprint density at radius 1 is 1.12 bits per heavy atom. The minimum Gasteiger partial charge on any atom is -0.469 e. The van der Waals surface area contributed by atoms with Gasteiger partial charge in [0.25, 0.3) is 10.0 Å². The minimum absolute atomic E-state index is 0.0937. The first-order valence-corrected chi connectivity index (χ1v) is 9.60. The Morgan fingerprint density at radius 2 is 1.73 bits per heavy atom. The molecule has 0 saturated heterocycles. The summed E-state index contributed by atoms with van der Waals surface area (Å²) in [6, 6.07) is 15.6. The van der Waals surface area contributed by atoms with Crippen molar-refractivity contribution >= 4 is 21.7 Å². The van der Waals surface area contributed by atoms with Gasteiger partial charge in [0.15, 0.2) is 0 Å². The molecule has 1 N–H and O–H groups in total. The van der Waals surface area contributed by atoms with Gasteiger partial charge in [0.1, 0.15) is 0 Å². The summed E-state index contributed by atoms with van der Waals surface area (Å²) >= 11 is 0. The van der Waals surface area contributed by atoms with Crippen LogP contribution < -0.4 is 4.83 Å². The number of sulfonamides is 1. The van der Waals surface area contributed by atoms with E-state index in [-0.39, 0.29) is 23.2 Å². The van der Waals surface area contributed by atoms with Crippen LogP contribution in [0, 0.1) is 12.8 Å². The van der Waals surface area contributed by atoms with Crippen molar-refractivity contribution in [3.8, 4) is 0 Å². The molecule has 2 aromatic carbocycles. The molecule has 0 amide bonds. The molecule has 0 saturated carbocycles. The highest BCUT2D eigenvalue weighted by molar-refractivity contribution is 7.89. The molecule has 26 heavy (non-hydrogen) atoms. The van der Waals surface area contributed by atoms with Crippen LogP contribution in [0.3, 0.4) is 0 Å². The van der Waals surface area contributed by atoms with Crippen molar-refractivity contribution in [1.82, 2.24) is 4.83 Å². The molecular formula is C19H22N2O4S. The quantitative estimate of drug-likeness (QED) is 0.459. The van der Waals surface area contributed by atoms with Crippen LogP contribution in [0.2, 0.25) is 0 Å². The molecule has 7 heteroatoms. The molecule has 0 spiro atoms. The minimum atomic E-state index is -3.80. The summed E-state index contributed by atoms with van der Waals surface area (Å²) in [5.41, 5.74) is 2.16. The van der Waals surface area contributed by atoms with Crippen molar-refractivity contribution in [3.63, 3.8) is 0 Å². The van der Waals surface area contributed by atoms with E-state index in [9.17, 15) is 13.2 Å². The molecule has 0 bridgehead atoms. The number of rotatable bonds is 7. The van der Waals surface area contributed by atoms with Crippen LogP contribution in [0.4, 0.5) is 0 Å². The number of hydrogen-bond donors (Lipinski definition) is 1. The summed E-state index contributed by atoms with van der Waals surface area (Å²) < 4.78 is 29.6. The third kappa shape index (κ3) is 5.16. The fourth-order valence-corrected chi connectivity index (χ4v) is 3.20. The Labute approximate surface area is 153 Å². The zero-order chi connectivity index (χ0) is 19.2. The van der Waals surface area contributed by atoms with Gasteiger partial charge >= 0.3 is 5.97 Å². The van der Waals surface area contributed by atoms with E-state index in [1.807, 2.05) is 37.3 Å². The van der Waals surface area contributed by atoms with Crippen molar-refractivity contribution in [1.29, 1.82) is 0 Å². The van der Waals surface area contributed by atoms with Gasteiger partial charge in [0, 0.05) is 5.92 Å². The zero-order valence-electron chi connectivity index (χ0n) is 15.0. The number of carbonyl (C=O) groups is 1. The molecule has 2 rings (SSSR count). The van der Waals surface area contributed by atoms with Crippen LogP contribution in [0.1, 0.15) is 24.5 Å². The van der Waals surface area contributed by atoms with Crippen LogP contribution in [-0.2, 0) is 19.6 Å². The SMILES string of the molecule is COC(=O)CC(C)/C(=N\NS(=O)(=O)c1ccc(C)cc1)c1ccccc1. The van der Waals surface area contributed by atoms with E-state index in [1.54, 1.807) is 19.1 Å². The fourth-order valence-electron chi connectivity index (χ4n) is 2.38. The number of nitrogens with one attached hydrogen (secondary N) is 1. The highest BCUT2D eigenvalue weighted by Crippen LogP contribution is 2.15. The Bertz CT molecular complexity index is 876. The summed E-state index contributed by atoms with van der Waals surface area (Å²) in [5, 5.41) is 4.12. The van der Waals surface area contributed by atoms with Gasteiger partial charge < -0.3 is 4.74 Å². The second-order valence-electron chi connectivity index (χ2n) is 5.95. The Morgan fingerprint density at radius 3 is 2.31 bits per heavy atom. The van der Waals surface area contributed by atoms with Crippen molar-refractivity contribution in [2.75, 3.05) is 7.11 Å². The van der Waals surface area contributed by atoms with E-state index in [1.165, 1.54) is 19.2 Å². The molecule has 138 valence electrons. The third-order valence-corrected chi connectivity index (χ3v) is 5.08. The maximum Gasteiger partial charge on any atom is 0.306 e. The van der Waals surface area contributed by atoms with Crippen molar-refractivity contribution < 1.29 is 17.9 Å². The molecule has 1 atom stereocenters. The average molecular weight is 374 g/mol. The first-order valence-electron chi connectivity index (χ1n) is 8.12. The smallest absolute Gasteiger partial charge is 0.306 e. The molecule has 6 nitrogen and oxygen atoms in total. The van der Waals surface area contributed by atoms with E-state index in [4.69, 9.17) is 4.74 Å². The summed E-state index contributed by atoms with van der Waals surface area (Å²) in [6.45, 7) is 3.67. The maximum atomic E-state index is 12.5. The third-order valence-electron chi connectivity index (χ3n) is 3.85.